The predicted molar refractivity (Wildman–Crippen MR) is 134 cm³/mol. The van der Waals surface area contributed by atoms with Gasteiger partial charge < -0.3 is 15.4 Å². The maximum absolute atomic E-state index is 13.5. The van der Waals surface area contributed by atoms with E-state index in [9.17, 15) is 9.59 Å². The van der Waals surface area contributed by atoms with Crippen molar-refractivity contribution < 1.29 is 14.3 Å². The third kappa shape index (κ3) is 5.38. The molecule has 34 heavy (non-hydrogen) atoms. The van der Waals surface area contributed by atoms with Crippen LogP contribution in [0.1, 0.15) is 40.3 Å². The summed E-state index contributed by atoms with van der Waals surface area (Å²) in [6.45, 7) is 6.74. The highest BCUT2D eigenvalue weighted by atomic mass is 35.5. The number of pyridine rings is 1. The van der Waals surface area contributed by atoms with Crippen molar-refractivity contribution in [3.63, 3.8) is 0 Å². The summed E-state index contributed by atoms with van der Waals surface area (Å²) >= 11 is 14.1. The lowest BCUT2D eigenvalue weighted by Gasteiger charge is -2.23. The van der Waals surface area contributed by atoms with E-state index in [4.69, 9.17) is 27.9 Å². The number of halogens is 2. The molecule has 11 heteroatoms. The number of carbonyl (C=O) groups excluding carboxylic acids is 2. The molecule has 4 rings (SSSR count). The van der Waals surface area contributed by atoms with E-state index in [2.05, 4.69) is 20.7 Å². The average molecular weight is 520 g/mol. The number of ether oxygens (including phenoxy) is 1. The van der Waals surface area contributed by atoms with E-state index in [1.807, 2.05) is 13.8 Å². The second-order valence-corrected chi connectivity index (χ2v) is 10.3. The van der Waals surface area contributed by atoms with Crippen LogP contribution in [0.5, 0.6) is 0 Å². The maximum atomic E-state index is 13.5. The molecule has 3 heterocycles. The highest BCUT2D eigenvalue weighted by Gasteiger charge is 2.26. The third-order valence-electron chi connectivity index (χ3n) is 4.96. The van der Waals surface area contributed by atoms with Gasteiger partial charge in [0, 0.05) is 23.3 Å². The molecular weight excluding hydrogens is 497 g/mol. The van der Waals surface area contributed by atoms with Gasteiger partial charge in [-0.25, -0.2) is 9.67 Å². The van der Waals surface area contributed by atoms with Gasteiger partial charge in [0.1, 0.15) is 10.7 Å². The van der Waals surface area contributed by atoms with Crippen LogP contribution in [0.15, 0.2) is 41.6 Å². The Hall–Kier alpha value is -2.59. The van der Waals surface area contributed by atoms with Crippen molar-refractivity contribution in [1.82, 2.24) is 20.1 Å². The van der Waals surface area contributed by atoms with Gasteiger partial charge in [-0.05, 0) is 50.6 Å². The maximum Gasteiger partial charge on any atom is 0.274 e. The Morgan fingerprint density at radius 3 is 2.62 bits per heavy atom. The van der Waals surface area contributed by atoms with Crippen molar-refractivity contribution in [2.75, 3.05) is 18.5 Å². The first-order chi connectivity index (χ1) is 16.2. The van der Waals surface area contributed by atoms with Gasteiger partial charge in [0.15, 0.2) is 5.82 Å². The van der Waals surface area contributed by atoms with E-state index in [1.54, 1.807) is 37.4 Å². The highest BCUT2D eigenvalue weighted by molar-refractivity contribution is 8.00. The molecule has 0 spiro atoms. The Kier molecular flexibility index (Phi) is 7.47. The third-order valence-corrected chi connectivity index (χ3v) is 6.52. The van der Waals surface area contributed by atoms with Crippen LogP contribution in [-0.4, -0.2) is 51.1 Å². The van der Waals surface area contributed by atoms with Crippen molar-refractivity contribution in [3.8, 4) is 5.82 Å². The van der Waals surface area contributed by atoms with E-state index < -0.39 is 5.91 Å². The van der Waals surface area contributed by atoms with Gasteiger partial charge in [-0.1, -0.05) is 35.0 Å². The Bertz CT molecular complexity index is 1240. The van der Waals surface area contributed by atoms with Crippen LogP contribution >= 0.6 is 35.0 Å². The van der Waals surface area contributed by atoms with E-state index >= 15 is 0 Å². The van der Waals surface area contributed by atoms with Crippen LogP contribution < -0.4 is 10.6 Å². The number of rotatable bonds is 7. The number of nitrogens with one attached hydrogen (secondary N) is 2. The second kappa shape index (κ2) is 10.4. The van der Waals surface area contributed by atoms with Crippen LogP contribution in [0.25, 0.3) is 5.82 Å². The van der Waals surface area contributed by atoms with Crippen LogP contribution in [0.2, 0.25) is 10.0 Å². The molecule has 0 aliphatic carbocycles. The van der Waals surface area contributed by atoms with Crippen molar-refractivity contribution in [3.05, 3.63) is 63.4 Å². The van der Waals surface area contributed by atoms with Crippen molar-refractivity contribution in [1.29, 1.82) is 0 Å². The lowest BCUT2D eigenvalue weighted by atomic mass is 10.1. The molecule has 1 aromatic carbocycles. The number of aromatic nitrogens is 3. The molecule has 2 N–H and O–H groups in total. The van der Waals surface area contributed by atoms with Crippen LogP contribution in [-0.2, 0) is 4.74 Å². The molecule has 0 radical (unpaired) electrons. The number of anilines is 1. The molecule has 8 nitrogen and oxygen atoms in total. The van der Waals surface area contributed by atoms with Crippen molar-refractivity contribution in [2.45, 2.75) is 37.1 Å². The summed E-state index contributed by atoms with van der Waals surface area (Å²) in [5.41, 5.74) is 1.52. The Morgan fingerprint density at radius 2 is 1.97 bits per heavy atom. The van der Waals surface area contributed by atoms with Gasteiger partial charge >= 0.3 is 0 Å². The zero-order valence-corrected chi connectivity index (χ0v) is 21.1. The molecule has 178 valence electrons. The van der Waals surface area contributed by atoms with E-state index in [1.165, 1.54) is 22.5 Å². The SMILES string of the molecule is Cc1cc(Cl)cc(C(=O)NC(C)C)c1NC(=O)c1cc(SC2COC2)nn1-c1ncccc1Cl. The summed E-state index contributed by atoms with van der Waals surface area (Å²) in [5, 5.41) is 12.0. The lowest BCUT2D eigenvalue weighted by Crippen LogP contribution is -2.31. The summed E-state index contributed by atoms with van der Waals surface area (Å²) < 4.78 is 6.66. The standard InChI is InChI=1S/C23H23Cl2N5O3S/c1-12(2)27-22(31)16-8-14(24)7-13(3)20(16)28-23(32)18-9-19(34-15-10-33-11-15)29-30(18)21-17(25)5-4-6-26-21/h4-9,12,15H,10-11H2,1-3H3,(H,27,31)(H,28,32). The van der Waals surface area contributed by atoms with Gasteiger partial charge in [-0.2, -0.15) is 5.10 Å². The Balaban J connectivity index is 1.72. The number of aryl methyl sites for hydroxylation is 1. The molecule has 0 saturated carbocycles. The zero-order valence-electron chi connectivity index (χ0n) is 18.8. The molecule has 1 saturated heterocycles. The molecule has 0 unspecified atom stereocenters. The number of benzene rings is 1. The monoisotopic (exact) mass is 519 g/mol. The minimum Gasteiger partial charge on any atom is -0.379 e. The quantitative estimate of drug-likeness (QED) is 0.466. The highest BCUT2D eigenvalue weighted by Crippen LogP contribution is 2.31. The Morgan fingerprint density at radius 1 is 1.21 bits per heavy atom. The molecule has 0 atom stereocenters. The Labute approximate surface area is 211 Å². The number of nitrogens with zero attached hydrogens (tertiary/aromatic N) is 3. The van der Waals surface area contributed by atoms with Gasteiger partial charge in [-0.15, -0.1) is 0 Å². The second-order valence-electron chi connectivity index (χ2n) is 8.09. The molecule has 3 aromatic rings. The molecule has 2 aromatic heterocycles. The molecule has 0 bridgehead atoms. The largest absolute Gasteiger partial charge is 0.379 e. The average Bonchev–Trinajstić information content (AvgIpc) is 3.16. The molecule has 1 aliphatic rings. The minimum absolute atomic E-state index is 0.0851. The normalized spacial score (nSPS) is 13.6. The summed E-state index contributed by atoms with van der Waals surface area (Å²) in [5.74, 6) is -0.468. The van der Waals surface area contributed by atoms with E-state index in [0.29, 0.717) is 45.4 Å². The van der Waals surface area contributed by atoms with Gasteiger partial charge in [0.05, 0.1) is 34.7 Å². The predicted octanol–water partition coefficient (Wildman–Crippen LogP) is 4.76. The molecule has 1 fully saturated rings. The van der Waals surface area contributed by atoms with Gasteiger partial charge in [0.25, 0.3) is 11.8 Å². The number of thioether (sulfide) groups is 1. The topological polar surface area (TPSA) is 98.1 Å². The molecular formula is C23H23Cl2N5O3S. The molecule has 1 aliphatic heterocycles. The smallest absolute Gasteiger partial charge is 0.274 e. The van der Waals surface area contributed by atoms with Gasteiger partial charge in [0.2, 0.25) is 0 Å². The fourth-order valence-corrected chi connectivity index (χ4v) is 4.78. The van der Waals surface area contributed by atoms with E-state index in [0.717, 1.165) is 0 Å². The number of hydrogen-bond donors (Lipinski definition) is 2. The van der Waals surface area contributed by atoms with Gasteiger partial charge in [-0.3, -0.25) is 9.59 Å². The van der Waals surface area contributed by atoms with Crippen LogP contribution in [0.3, 0.4) is 0 Å². The minimum atomic E-state index is -0.463. The molecule has 2 amide bonds. The summed E-state index contributed by atoms with van der Waals surface area (Å²) in [7, 11) is 0. The van der Waals surface area contributed by atoms with Crippen molar-refractivity contribution in [2.24, 2.45) is 0 Å². The fraction of sp³-hybridized carbons (Fsp3) is 0.304. The van der Waals surface area contributed by atoms with Crippen LogP contribution in [0.4, 0.5) is 5.69 Å². The summed E-state index contributed by atoms with van der Waals surface area (Å²) in [6, 6.07) is 8.20. The number of amides is 2. The zero-order chi connectivity index (χ0) is 24.4. The number of carbonyl (C=O) groups is 2. The lowest BCUT2D eigenvalue weighted by molar-refractivity contribution is 0.0454. The fourth-order valence-electron chi connectivity index (χ4n) is 3.33. The first-order valence-electron chi connectivity index (χ1n) is 10.6. The summed E-state index contributed by atoms with van der Waals surface area (Å²) in [4.78, 5) is 30.6. The van der Waals surface area contributed by atoms with Crippen molar-refractivity contribution >= 4 is 52.5 Å². The number of hydrogen-bond acceptors (Lipinski definition) is 6. The summed E-state index contributed by atoms with van der Waals surface area (Å²) in [6.07, 6.45) is 1.58. The first kappa shape index (κ1) is 24.5. The van der Waals surface area contributed by atoms with Crippen LogP contribution in [0, 0.1) is 6.92 Å². The van der Waals surface area contributed by atoms with E-state index in [-0.39, 0.29) is 28.5 Å². The first-order valence-corrected chi connectivity index (χ1v) is 12.2.